The maximum atomic E-state index is 6.10. The first-order valence-corrected chi connectivity index (χ1v) is 10.3. The summed E-state index contributed by atoms with van der Waals surface area (Å²) in [5.41, 5.74) is 2.23. The minimum Gasteiger partial charge on any atom is -0.490 e. The number of imidazole rings is 1. The van der Waals surface area contributed by atoms with Gasteiger partial charge < -0.3 is 19.5 Å². The van der Waals surface area contributed by atoms with Crippen LogP contribution in [0.15, 0.2) is 59.6 Å². The molecule has 0 bridgehead atoms. The van der Waals surface area contributed by atoms with Gasteiger partial charge in [0.1, 0.15) is 17.7 Å². The topological polar surface area (TPSA) is 54.7 Å². The molecule has 0 unspecified atom stereocenters. The lowest BCUT2D eigenvalue weighted by Gasteiger charge is -2.34. The minimum atomic E-state index is 0.270. The molecule has 1 aliphatic heterocycles. The summed E-state index contributed by atoms with van der Waals surface area (Å²) in [5, 5.41) is 3.52. The van der Waals surface area contributed by atoms with Gasteiger partial charge in [-0.3, -0.25) is 4.99 Å². The van der Waals surface area contributed by atoms with Crippen molar-refractivity contribution in [2.45, 2.75) is 32.4 Å². The lowest BCUT2D eigenvalue weighted by atomic mass is 10.1. The standard InChI is InChI=1S/C23H29N5O/c1-18-26-21-10-6-7-11-22(21)28(18)17-14-25-23(24-2)27-15-12-20(13-16-27)29-19-8-4-3-5-9-19/h3-11,20H,12-17H2,1-2H3,(H,24,25). The SMILES string of the molecule is CN=C(NCCn1c(C)nc2ccccc21)N1CCC(Oc2ccccc2)CC1. The van der Waals surface area contributed by atoms with Crippen LogP contribution in [-0.2, 0) is 6.54 Å². The Kier molecular flexibility index (Phi) is 5.98. The fraction of sp³-hybridized carbons (Fsp3) is 0.391. The Morgan fingerprint density at radius 3 is 2.59 bits per heavy atom. The van der Waals surface area contributed by atoms with E-state index in [-0.39, 0.29) is 6.10 Å². The second-order valence-corrected chi connectivity index (χ2v) is 7.39. The van der Waals surface area contributed by atoms with Gasteiger partial charge in [-0.15, -0.1) is 0 Å². The van der Waals surface area contributed by atoms with Gasteiger partial charge in [0.15, 0.2) is 5.96 Å². The number of aryl methyl sites for hydroxylation is 1. The molecule has 0 spiro atoms. The summed E-state index contributed by atoms with van der Waals surface area (Å²) in [7, 11) is 1.85. The number of aromatic nitrogens is 2. The number of para-hydroxylation sites is 3. The van der Waals surface area contributed by atoms with E-state index in [0.29, 0.717) is 0 Å². The van der Waals surface area contributed by atoms with Gasteiger partial charge in [0, 0.05) is 46.1 Å². The highest BCUT2D eigenvalue weighted by molar-refractivity contribution is 5.80. The van der Waals surface area contributed by atoms with Crippen molar-refractivity contribution < 1.29 is 4.74 Å². The molecule has 0 atom stereocenters. The molecular formula is C23H29N5O. The van der Waals surface area contributed by atoms with Crippen LogP contribution in [0.2, 0.25) is 0 Å². The highest BCUT2D eigenvalue weighted by atomic mass is 16.5. The van der Waals surface area contributed by atoms with Crippen molar-refractivity contribution in [2.75, 3.05) is 26.7 Å². The summed E-state index contributed by atoms with van der Waals surface area (Å²) in [6.45, 7) is 5.63. The second kappa shape index (κ2) is 8.99. The van der Waals surface area contributed by atoms with E-state index >= 15 is 0 Å². The van der Waals surface area contributed by atoms with E-state index in [1.165, 1.54) is 5.52 Å². The Balaban J connectivity index is 1.28. The zero-order chi connectivity index (χ0) is 20.1. The van der Waals surface area contributed by atoms with Crippen LogP contribution in [0.1, 0.15) is 18.7 Å². The molecule has 152 valence electrons. The predicted octanol–water partition coefficient (Wildman–Crippen LogP) is 3.46. The van der Waals surface area contributed by atoms with Crippen LogP contribution in [0.5, 0.6) is 5.75 Å². The van der Waals surface area contributed by atoms with E-state index in [2.05, 4.69) is 49.9 Å². The summed E-state index contributed by atoms with van der Waals surface area (Å²) >= 11 is 0. The molecule has 4 rings (SSSR count). The molecule has 1 saturated heterocycles. The van der Waals surface area contributed by atoms with Gasteiger partial charge in [-0.1, -0.05) is 30.3 Å². The Morgan fingerprint density at radius 1 is 1.10 bits per heavy atom. The van der Waals surface area contributed by atoms with E-state index < -0.39 is 0 Å². The number of nitrogens with zero attached hydrogens (tertiary/aromatic N) is 4. The van der Waals surface area contributed by atoms with Gasteiger partial charge in [0.05, 0.1) is 11.0 Å². The smallest absolute Gasteiger partial charge is 0.193 e. The van der Waals surface area contributed by atoms with Crippen LogP contribution in [-0.4, -0.2) is 53.2 Å². The summed E-state index contributed by atoms with van der Waals surface area (Å²) in [4.78, 5) is 11.5. The molecule has 2 heterocycles. The van der Waals surface area contributed by atoms with Crippen LogP contribution < -0.4 is 10.1 Å². The fourth-order valence-corrected chi connectivity index (χ4v) is 3.97. The van der Waals surface area contributed by atoms with Gasteiger partial charge in [0.25, 0.3) is 0 Å². The van der Waals surface area contributed by atoms with E-state index in [4.69, 9.17) is 4.74 Å². The van der Waals surface area contributed by atoms with E-state index in [9.17, 15) is 0 Å². The van der Waals surface area contributed by atoms with Gasteiger partial charge in [-0.05, 0) is 31.2 Å². The second-order valence-electron chi connectivity index (χ2n) is 7.39. The number of rotatable bonds is 5. The molecule has 2 aromatic carbocycles. The number of guanidine groups is 1. The number of hydrogen-bond donors (Lipinski definition) is 1. The average Bonchev–Trinajstić information content (AvgIpc) is 3.08. The number of nitrogens with one attached hydrogen (secondary N) is 1. The Bertz CT molecular complexity index is 958. The first-order valence-electron chi connectivity index (χ1n) is 10.3. The van der Waals surface area contributed by atoms with Gasteiger partial charge >= 0.3 is 0 Å². The van der Waals surface area contributed by atoms with E-state index in [1.54, 1.807) is 0 Å². The maximum Gasteiger partial charge on any atom is 0.193 e. The highest BCUT2D eigenvalue weighted by Crippen LogP contribution is 2.19. The number of ether oxygens (including phenoxy) is 1. The van der Waals surface area contributed by atoms with Crippen LogP contribution >= 0.6 is 0 Å². The molecule has 1 N–H and O–H groups in total. The van der Waals surface area contributed by atoms with Crippen LogP contribution in [0.25, 0.3) is 11.0 Å². The van der Waals surface area contributed by atoms with Crippen molar-refractivity contribution in [3.05, 3.63) is 60.4 Å². The number of hydrogen-bond acceptors (Lipinski definition) is 3. The zero-order valence-corrected chi connectivity index (χ0v) is 17.2. The number of aliphatic imine (C=N–C) groups is 1. The molecule has 1 aromatic heterocycles. The lowest BCUT2D eigenvalue weighted by Crippen LogP contribution is -2.48. The molecule has 0 radical (unpaired) electrons. The maximum absolute atomic E-state index is 6.10. The Morgan fingerprint density at radius 2 is 1.83 bits per heavy atom. The molecule has 6 nitrogen and oxygen atoms in total. The zero-order valence-electron chi connectivity index (χ0n) is 17.2. The van der Waals surface area contributed by atoms with Gasteiger partial charge in [-0.25, -0.2) is 4.98 Å². The molecule has 0 amide bonds. The lowest BCUT2D eigenvalue weighted by molar-refractivity contribution is 0.129. The van der Waals surface area contributed by atoms with Crippen LogP contribution in [0.3, 0.4) is 0 Å². The van der Waals surface area contributed by atoms with Crippen LogP contribution in [0, 0.1) is 6.92 Å². The third kappa shape index (κ3) is 4.53. The molecule has 29 heavy (non-hydrogen) atoms. The summed E-state index contributed by atoms with van der Waals surface area (Å²) < 4.78 is 8.36. The third-order valence-electron chi connectivity index (χ3n) is 5.46. The Labute approximate surface area is 172 Å². The van der Waals surface area contributed by atoms with Gasteiger partial charge in [-0.2, -0.15) is 0 Å². The van der Waals surface area contributed by atoms with Crippen molar-refractivity contribution in [1.82, 2.24) is 19.8 Å². The first kappa shape index (κ1) is 19.3. The number of piperidine rings is 1. The van der Waals surface area contributed by atoms with Crippen molar-refractivity contribution in [1.29, 1.82) is 0 Å². The molecule has 1 fully saturated rings. The van der Waals surface area contributed by atoms with Crippen molar-refractivity contribution in [3.8, 4) is 5.75 Å². The fourth-order valence-electron chi connectivity index (χ4n) is 3.97. The number of likely N-dealkylation sites (tertiary alicyclic amines) is 1. The average molecular weight is 392 g/mol. The van der Waals surface area contributed by atoms with E-state index in [0.717, 1.165) is 62.1 Å². The monoisotopic (exact) mass is 391 g/mol. The first-order chi connectivity index (χ1) is 14.2. The summed E-state index contributed by atoms with van der Waals surface area (Å²) in [6, 6.07) is 18.4. The normalized spacial score (nSPS) is 15.7. The summed E-state index contributed by atoms with van der Waals surface area (Å²) in [6.07, 6.45) is 2.27. The van der Waals surface area contributed by atoms with Crippen molar-refractivity contribution in [3.63, 3.8) is 0 Å². The largest absolute Gasteiger partial charge is 0.490 e. The van der Waals surface area contributed by atoms with Gasteiger partial charge in [0.2, 0.25) is 0 Å². The van der Waals surface area contributed by atoms with E-state index in [1.807, 2.05) is 43.4 Å². The van der Waals surface area contributed by atoms with Crippen molar-refractivity contribution >= 4 is 17.0 Å². The molecule has 0 saturated carbocycles. The summed E-state index contributed by atoms with van der Waals surface area (Å²) in [5.74, 6) is 2.96. The van der Waals surface area contributed by atoms with Crippen molar-refractivity contribution in [2.24, 2.45) is 4.99 Å². The molecule has 0 aliphatic carbocycles. The highest BCUT2D eigenvalue weighted by Gasteiger charge is 2.22. The third-order valence-corrected chi connectivity index (χ3v) is 5.46. The number of benzene rings is 2. The minimum absolute atomic E-state index is 0.270. The molecule has 1 aliphatic rings. The predicted molar refractivity (Wildman–Crippen MR) is 117 cm³/mol. The molecule has 3 aromatic rings. The molecule has 6 heteroatoms. The number of fused-ring (bicyclic) bond motifs is 1. The Hall–Kier alpha value is -3.02. The quantitative estimate of drug-likeness (QED) is 0.535. The molecular weight excluding hydrogens is 362 g/mol. The van der Waals surface area contributed by atoms with Crippen LogP contribution in [0.4, 0.5) is 0 Å².